The number of nitrogens with one attached hydrogen (secondary N) is 1. The highest BCUT2D eigenvalue weighted by Gasteiger charge is 2.43. The predicted octanol–water partition coefficient (Wildman–Crippen LogP) is 4.18. The van der Waals surface area contributed by atoms with Crippen LogP contribution >= 0.6 is 11.6 Å². The Morgan fingerprint density at radius 3 is 2.55 bits per heavy atom. The van der Waals surface area contributed by atoms with Crippen molar-refractivity contribution in [3.05, 3.63) is 88.2 Å². The number of aliphatic hydroxyl groups excluding tert-OH is 4. The van der Waals surface area contributed by atoms with Crippen molar-refractivity contribution in [2.24, 2.45) is 5.92 Å². The number of ether oxygens (including phenoxy) is 1. The van der Waals surface area contributed by atoms with Crippen molar-refractivity contribution in [2.45, 2.75) is 75.6 Å². The Hall–Kier alpha value is -3.78. The molecule has 49 heavy (non-hydrogen) atoms. The number of hydrogen-bond donors (Lipinski definition) is 5. The predicted molar refractivity (Wildman–Crippen MR) is 177 cm³/mol. The van der Waals surface area contributed by atoms with Crippen molar-refractivity contribution in [3.63, 3.8) is 0 Å². The molecule has 4 heterocycles. The highest BCUT2D eigenvalue weighted by molar-refractivity contribution is 6.31. The van der Waals surface area contributed by atoms with Crippen LogP contribution in [-0.4, -0.2) is 85.8 Å². The van der Waals surface area contributed by atoms with Crippen LogP contribution in [0.1, 0.15) is 55.5 Å². The maximum absolute atomic E-state index is 14.8. The zero-order chi connectivity index (χ0) is 35.0. The summed E-state index contributed by atoms with van der Waals surface area (Å²) in [5, 5.41) is 43.4. The lowest BCUT2D eigenvalue weighted by atomic mass is 9.90. The molecule has 2 bridgehead atoms. The van der Waals surface area contributed by atoms with E-state index in [1.807, 2.05) is 19.1 Å². The third-order valence-electron chi connectivity index (χ3n) is 9.71. The third-order valence-corrected chi connectivity index (χ3v) is 10.0. The summed E-state index contributed by atoms with van der Waals surface area (Å²) in [5.74, 6) is -2.70. The molecule has 7 atom stereocenters. The number of aromatic nitrogens is 1. The average molecular weight is 698 g/mol. The molecule has 0 spiro atoms. The molecule has 3 aromatic rings. The minimum atomic E-state index is -1.50. The number of amides is 2. The number of aliphatic hydroxyl groups is 4. The van der Waals surface area contributed by atoms with Crippen LogP contribution in [0.15, 0.2) is 54.7 Å². The Kier molecular flexibility index (Phi) is 10.4. The number of pyridine rings is 1. The fourth-order valence-corrected chi connectivity index (χ4v) is 7.06. The molecule has 1 fully saturated rings. The van der Waals surface area contributed by atoms with Crippen molar-refractivity contribution < 1.29 is 43.5 Å². The number of hydrogen-bond acceptors (Lipinski definition) is 8. The number of nitrogens with zero attached hydrogens (tertiary/aromatic N) is 2. The molecule has 6 rings (SSSR count). The Bertz CT molecular complexity index is 1770. The van der Waals surface area contributed by atoms with Gasteiger partial charge in [0.25, 0.3) is 0 Å². The van der Waals surface area contributed by atoms with Gasteiger partial charge in [-0.2, -0.15) is 0 Å². The van der Waals surface area contributed by atoms with Gasteiger partial charge in [0.15, 0.2) is 5.82 Å². The van der Waals surface area contributed by atoms with Gasteiger partial charge >= 0.3 is 0 Å². The lowest BCUT2D eigenvalue weighted by molar-refractivity contribution is -0.228. The summed E-state index contributed by atoms with van der Waals surface area (Å²) in [5.41, 5.74) is 3.12. The van der Waals surface area contributed by atoms with Gasteiger partial charge < -0.3 is 35.4 Å². The van der Waals surface area contributed by atoms with Crippen molar-refractivity contribution in [3.8, 4) is 11.1 Å². The van der Waals surface area contributed by atoms with Crippen LogP contribution in [-0.2, 0) is 20.7 Å². The van der Waals surface area contributed by atoms with Crippen LogP contribution in [0.3, 0.4) is 0 Å². The summed E-state index contributed by atoms with van der Waals surface area (Å²) in [7, 11) is 0. The molecule has 0 saturated carbocycles. The van der Waals surface area contributed by atoms with Gasteiger partial charge in [-0.25, -0.2) is 8.78 Å². The molecule has 2 amide bonds. The van der Waals surface area contributed by atoms with Gasteiger partial charge in [-0.3, -0.25) is 14.6 Å². The van der Waals surface area contributed by atoms with E-state index in [-0.39, 0.29) is 47.4 Å². The highest BCUT2D eigenvalue weighted by atomic mass is 35.5. The van der Waals surface area contributed by atoms with E-state index >= 15 is 0 Å². The van der Waals surface area contributed by atoms with Gasteiger partial charge in [-0.15, -0.1) is 0 Å². The maximum atomic E-state index is 14.8. The van der Waals surface area contributed by atoms with E-state index < -0.39 is 60.7 Å². The monoisotopic (exact) mass is 697 g/mol. The number of rotatable bonds is 5. The summed E-state index contributed by atoms with van der Waals surface area (Å²) in [6.07, 6.45) is -1.51. The van der Waals surface area contributed by atoms with Crippen LogP contribution < -0.4 is 5.32 Å². The molecule has 1 saturated heterocycles. The topological polar surface area (TPSA) is 152 Å². The van der Waals surface area contributed by atoms with Gasteiger partial charge in [0.05, 0.1) is 35.0 Å². The average Bonchev–Trinajstić information content (AvgIpc) is 3.09. The normalized spacial score (nSPS) is 27.8. The number of halogens is 3. The quantitative estimate of drug-likeness (QED) is 0.249. The maximum Gasteiger partial charge on any atom is 0.247 e. The zero-order valence-corrected chi connectivity index (χ0v) is 27.5. The standard InChI is InChI=1S/C36H38ClF2N3O7/c1-18-3-2-4-27(42-12-10-21(16-30(42)44)31-24(38)8-7-23(37)32(31)39)26-15-20(9-11-40-26)22-6-5-19(13-25(22)41-36(18)48)14-28-33(45)35(47)34(46)29(17-43)49-28/h5-9,11,13,15-16,18,27-29,33-35,43,45-47H,2-4,10,12,14,17H2,1H3,(H,41,48)/t18-,27+,28?,29-,33-,34-,35-/m1/s1. The summed E-state index contributed by atoms with van der Waals surface area (Å²) in [4.78, 5) is 33.3. The summed E-state index contributed by atoms with van der Waals surface area (Å²) in [6, 6.07) is 10.8. The molecule has 3 aliphatic heterocycles. The van der Waals surface area contributed by atoms with E-state index in [0.29, 0.717) is 41.8 Å². The lowest BCUT2D eigenvalue weighted by Crippen LogP contribution is -2.59. The second-order valence-corrected chi connectivity index (χ2v) is 13.3. The van der Waals surface area contributed by atoms with E-state index in [1.54, 1.807) is 29.3 Å². The minimum absolute atomic E-state index is 0.124. The van der Waals surface area contributed by atoms with Crippen molar-refractivity contribution in [2.75, 3.05) is 18.5 Å². The number of benzene rings is 2. The SMILES string of the molecule is C[C@@H]1CCC[C@H](N2CCC(c3c(F)ccc(Cl)c3F)=CC2=O)c2cc(ccn2)-c2ccc(CC3O[C@H](CO)[C@@H](O)[C@H](O)[C@@H]3O)cc2NC1=O. The molecule has 2 aromatic carbocycles. The number of carbonyl (C=O) groups excluding carboxylic acids is 2. The van der Waals surface area contributed by atoms with E-state index in [4.69, 9.17) is 16.3 Å². The Labute approximate surface area is 287 Å². The Balaban J connectivity index is 1.32. The first-order chi connectivity index (χ1) is 23.5. The molecule has 260 valence electrons. The van der Waals surface area contributed by atoms with E-state index in [1.165, 1.54) is 6.08 Å². The van der Waals surface area contributed by atoms with Crippen LogP contribution in [0.5, 0.6) is 0 Å². The van der Waals surface area contributed by atoms with Gasteiger partial charge in [-0.05, 0) is 66.3 Å². The van der Waals surface area contributed by atoms with Crippen molar-refractivity contribution in [1.82, 2.24) is 9.88 Å². The van der Waals surface area contributed by atoms with Gasteiger partial charge in [-0.1, -0.05) is 37.1 Å². The van der Waals surface area contributed by atoms with Crippen LogP contribution in [0.25, 0.3) is 16.7 Å². The van der Waals surface area contributed by atoms with E-state index in [9.17, 15) is 38.8 Å². The Morgan fingerprint density at radius 2 is 1.80 bits per heavy atom. The number of anilines is 1. The summed E-state index contributed by atoms with van der Waals surface area (Å²) >= 11 is 5.91. The van der Waals surface area contributed by atoms with Gasteiger partial charge in [0.1, 0.15) is 30.2 Å². The second-order valence-electron chi connectivity index (χ2n) is 12.9. The van der Waals surface area contributed by atoms with E-state index in [2.05, 4.69) is 10.3 Å². The summed E-state index contributed by atoms with van der Waals surface area (Å²) in [6.45, 7) is 1.48. The van der Waals surface area contributed by atoms with Crippen molar-refractivity contribution >= 4 is 34.7 Å². The molecule has 13 heteroatoms. The fraction of sp³-hybridized carbons (Fsp3) is 0.417. The first-order valence-electron chi connectivity index (χ1n) is 16.3. The fourth-order valence-electron chi connectivity index (χ4n) is 6.90. The molecule has 5 N–H and O–H groups in total. The number of carbonyl (C=O) groups is 2. The van der Waals surface area contributed by atoms with Gasteiger partial charge in [0.2, 0.25) is 11.8 Å². The van der Waals surface area contributed by atoms with Crippen LogP contribution in [0.4, 0.5) is 14.5 Å². The smallest absolute Gasteiger partial charge is 0.247 e. The number of fused-ring (bicyclic) bond motifs is 4. The lowest BCUT2D eigenvalue weighted by Gasteiger charge is -2.40. The summed E-state index contributed by atoms with van der Waals surface area (Å²) < 4.78 is 35.2. The molecule has 1 unspecified atom stereocenters. The highest BCUT2D eigenvalue weighted by Crippen LogP contribution is 2.38. The van der Waals surface area contributed by atoms with Crippen LogP contribution in [0, 0.1) is 17.6 Å². The minimum Gasteiger partial charge on any atom is -0.394 e. The second kappa shape index (κ2) is 14.6. The molecule has 0 aliphatic carbocycles. The molecular weight excluding hydrogens is 660 g/mol. The molecule has 0 radical (unpaired) electrons. The first kappa shape index (κ1) is 35.1. The third kappa shape index (κ3) is 7.12. The molecular formula is C36H38ClF2N3O7. The van der Waals surface area contributed by atoms with Gasteiger partial charge in [0, 0.05) is 42.4 Å². The molecule has 10 nitrogen and oxygen atoms in total. The Morgan fingerprint density at radius 1 is 1.02 bits per heavy atom. The first-order valence-corrected chi connectivity index (χ1v) is 16.7. The molecule has 1 aromatic heterocycles. The largest absolute Gasteiger partial charge is 0.394 e. The van der Waals surface area contributed by atoms with Crippen LogP contribution in [0.2, 0.25) is 5.02 Å². The van der Waals surface area contributed by atoms with Crippen molar-refractivity contribution in [1.29, 1.82) is 0 Å². The van der Waals surface area contributed by atoms with E-state index in [0.717, 1.165) is 17.7 Å². The zero-order valence-electron chi connectivity index (χ0n) is 26.7. The molecule has 3 aliphatic rings.